The van der Waals surface area contributed by atoms with Gasteiger partial charge < -0.3 is 20.1 Å². The largest absolute Gasteiger partial charge is 0.490 e. The van der Waals surface area contributed by atoms with E-state index in [1.165, 1.54) is 19.3 Å². The van der Waals surface area contributed by atoms with Crippen molar-refractivity contribution in [3.8, 4) is 5.75 Å². The number of amides is 2. The van der Waals surface area contributed by atoms with Crippen molar-refractivity contribution in [2.24, 2.45) is 5.41 Å². The number of urea groups is 1. The highest BCUT2D eigenvalue weighted by atomic mass is 16.5. The van der Waals surface area contributed by atoms with E-state index in [0.717, 1.165) is 24.3 Å². The van der Waals surface area contributed by atoms with Crippen LogP contribution in [-0.4, -0.2) is 40.8 Å². The first-order valence-corrected chi connectivity index (χ1v) is 10.3. The highest BCUT2D eigenvalue weighted by Crippen LogP contribution is 2.38. The molecule has 1 aromatic carbocycles. The second-order valence-corrected chi connectivity index (χ2v) is 9.10. The molecule has 2 amide bonds. The van der Waals surface area contributed by atoms with Gasteiger partial charge in [-0.15, -0.1) is 0 Å². The van der Waals surface area contributed by atoms with Gasteiger partial charge in [0.05, 0.1) is 11.7 Å². The topological polar surface area (TPSA) is 61.8 Å². The van der Waals surface area contributed by atoms with Gasteiger partial charge in [-0.1, -0.05) is 33.3 Å². The number of rotatable bonds is 3. The fourth-order valence-corrected chi connectivity index (χ4v) is 4.05. The smallest absolute Gasteiger partial charge is 0.321 e. The van der Waals surface area contributed by atoms with Crippen LogP contribution in [0.3, 0.4) is 0 Å². The van der Waals surface area contributed by atoms with Crippen LogP contribution < -0.4 is 10.1 Å². The molecule has 2 N–H and O–H groups in total. The van der Waals surface area contributed by atoms with Crippen molar-refractivity contribution in [2.45, 2.75) is 77.4 Å². The Kier molecular flexibility index (Phi) is 5.99. The fraction of sp³-hybridized carbons (Fsp3) is 0.682. The van der Waals surface area contributed by atoms with Crippen molar-refractivity contribution in [3.05, 3.63) is 24.3 Å². The Morgan fingerprint density at radius 2 is 1.85 bits per heavy atom. The number of likely N-dealkylation sites (tertiary alicyclic amines) is 1. The third kappa shape index (κ3) is 4.95. The van der Waals surface area contributed by atoms with Crippen LogP contribution in [0.4, 0.5) is 10.5 Å². The molecular formula is C22H34N2O3. The molecule has 2 aliphatic rings. The monoisotopic (exact) mass is 374 g/mol. The van der Waals surface area contributed by atoms with E-state index in [9.17, 15) is 9.90 Å². The van der Waals surface area contributed by atoms with Gasteiger partial charge in [0.15, 0.2) is 0 Å². The quantitative estimate of drug-likeness (QED) is 0.799. The molecule has 0 spiro atoms. The molecule has 1 saturated carbocycles. The van der Waals surface area contributed by atoms with Crippen molar-refractivity contribution in [1.82, 2.24) is 4.90 Å². The SMILES string of the molecule is CC(C)(C)C1(O)CCN(C(=O)Nc2cccc(OC3CCCCC3)c2)CC1. The number of piperidine rings is 1. The molecule has 1 heterocycles. The van der Waals surface area contributed by atoms with Crippen LogP contribution in [0.2, 0.25) is 0 Å². The maximum atomic E-state index is 12.6. The molecule has 1 aromatic rings. The number of hydrogen-bond donors (Lipinski definition) is 2. The summed E-state index contributed by atoms with van der Waals surface area (Å²) >= 11 is 0. The van der Waals surface area contributed by atoms with Crippen LogP contribution in [0.5, 0.6) is 5.75 Å². The molecule has 0 aromatic heterocycles. The molecule has 3 rings (SSSR count). The summed E-state index contributed by atoms with van der Waals surface area (Å²) in [5, 5.41) is 13.8. The van der Waals surface area contributed by atoms with Gasteiger partial charge in [-0.3, -0.25) is 0 Å². The van der Waals surface area contributed by atoms with Crippen molar-refractivity contribution < 1.29 is 14.6 Å². The van der Waals surface area contributed by atoms with E-state index in [4.69, 9.17) is 4.74 Å². The second-order valence-electron chi connectivity index (χ2n) is 9.10. The highest BCUT2D eigenvalue weighted by Gasteiger charge is 2.43. The lowest BCUT2D eigenvalue weighted by molar-refractivity contribution is -0.0925. The van der Waals surface area contributed by atoms with Crippen LogP contribution in [0.15, 0.2) is 24.3 Å². The average Bonchev–Trinajstić information content (AvgIpc) is 2.62. The van der Waals surface area contributed by atoms with Crippen LogP contribution in [0.1, 0.15) is 65.7 Å². The van der Waals surface area contributed by atoms with Crippen molar-refractivity contribution >= 4 is 11.7 Å². The zero-order valence-electron chi connectivity index (χ0n) is 17.0. The van der Waals surface area contributed by atoms with Crippen LogP contribution in [-0.2, 0) is 0 Å². The molecule has 27 heavy (non-hydrogen) atoms. The molecule has 0 radical (unpaired) electrons. The minimum absolute atomic E-state index is 0.110. The summed E-state index contributed by atoms with van der Waals surface area (Å²) in [6.07, 6.45) is 7.50. The predicted molar refractivity (Wildman–Crippen MR) is 108 cm³/mol. The number of anilines is 1. The van der Waals surface area contributed by atoms with Crippen molar-refractivity contribution in [1.29, 1.82) is 0 Å². The van der Waals surface area contributed by atoms with E-state index < -0.39 is 5.60 Å². The number of nitrogens with one attached hydrogen (secondary N) is 1. The molecule has 0 atom stereocenters. The Hall–Kier alpha value is -1.75. The minimum atomic E-state index is -0.711. The number of nitrogens with zero attached hydrogens (tertiary/aromatic N) is 1. The first-order chi connectivity index (χ1) is 12.8. The number of benzene rings is 1. The Morgan fingerprint density at radius 1 is 1.19 bits per heavy atom. The van der Waals surface area contributed by atoms with E-state index in [2.05, 4.69) is 26.1 Å². The predicted octanol–water partition coefficient (Wildman–Crippen LogP) is 4.80. The fourth-order valence-electron chi connectivity index (χ4n) is 4.05. The molecule has 0 unspecified atom stereocenters. The number of ether oxygens (including phenoxy) is 1. The van der Waals surface area contributed by atoms with Gasteiger partial charge in [0, 0.05) is 24.8 Å². The summed E-state index contributed by atoms with van der Waals surface area (Å²) in [7, 11) is 0. The number of aliphatic hydroxyl groups is 1. The summed E-state index contributed by atoms with van der Waals surface area (Å²) in [6, 6.07) is 7.56. The van der Waals surface area contributed by atoms with Crippen molar-refractivity contribution in [3.63, 3.8) is 0 Å². The normalized spacial score (nSPS) is 21.0. The number of carbonyl (C=O) groups is 1. The van der Waals surface area contributed by atoms with Crippen molar-refractivity contribution in [2.75, 3.05) is 18.4 Å². The molecule has 150 valence electrons. The molecule has 1 aliphatic carbocycles. The van der Waals surface area contributed by atoms with E-state index >= 15 is 0 Å². The minimum Gasteiger partial charge on any atom is -0.490 e. The van der Waals surface area contributed by atoms with Crippen LogP contribution in [0, 0.1) is 5.41 Å². The Morgan fingerprint density at radius 3 is 2.48 bits per heavy atom. The first kappa shape index (κ1) is 20.0. The molecular weight excluding hydrogens is 340 g/mol. The lowest BCUT2D eigenvalue weighted by Gasteiger charge is -2.46. The van der Waals surface area contributed by atoms with Crippen LogP contribution in [0.25, 0.3) is 0 Å². The molecule has 5 heteroatoms. The summed E-state index contributed by atoms with van der Waals surface area (Å²) < 4.78 is 6.09. The average molecular weight is 375 g/mol. The van der Waals surface area contributed by atoms with Crippen LogP contribution >= 0.6 is 0 Å². The second kappa shape index (κ2) is 8.09. The zero-order valence-corrected chi connectivity index (χ0v) is 17.0. The Labute approximate surface area is 163 Å². The van der Waals surface area contributed by atoms with Gasteiger partial charge in [0.2, 0.25) is 0 Å². The van der Waals surface area contributed by atoms with E-state index in [1.807, 2.05) is 24.3 Å². The van der Waals surface area contributed by atoms with Gasteiger partial charge in [-0.05, 0) is 56.1 Å². The third-order valence-electron chi connectivity index (χ3n) is 6.21. The van der Waals surface area contributed by atoms with Gasteiger partial charge in [0.25, 0.3) is 0 Å². The summed E-state index contributed by atoms with van der Waals surface area (Å²) in [5.74, 6) is 0.820. The molecule has 1 saturated heterocycles. The maximum absolute atomic E-state index is 12.6. The summed E-state index contributed by atoms with van der Waals surface area (Å²) in [4.78, 5) is 14.4. The van der Waals surface area contributed by atoms with Gasteiger partial charge in [0.1, 0.15) is 5.75 Å². The van der Waals surface area contributed by atoms with E-state index in [1.54, 1.807) is 4.90 Å². The van der Waals surface area contributed by atoms with Gasteiger partial charge in [-0.25, -0.2) is 4.79 Å². The number of carbonyl (C=O) groups excluding carboxylic acids is 1. The first-order valence-electron chi connectivity index (χ1n) is 10.3. The Balaban J connectivity index is 1.54. The van der Waals surface area contributed by atoms with E-state index in [0.29, 0.717) is 32.0 Å². The number of hydrogen-bond acceptors (Lipinski definition) is 3. The molecule has 2 fully saturated rings. The van der Waals surface area contributed by atoms with Gasteiger partial charge in [-0.2, -0.15) is 0 Å². The lowest BCUT2D eigenvalue weighted by atomic mass is 9.71. The van der Waals surface area contributed by atoms with E-state index in [-0.39, 0.29) is 11.4 Å². The van der Waals surface area contributed by atoms with Gasteiger partial charge >= 0.3 is 6.03 Å². The zero-order chi connectivity index (χ0) is 19.5. The molecule has 5 nitrogen and oxygen atoms in total. The standard InChI is InChI=1S/C22H34N2O3/c1-21(2,3)22(26)12-14-24(15-13-22)20(25)23-17-8-7-11-19(16-17)27-18-9-5-4-6-10-18/h7-8,11,16,18,26H,4-6,9-10,12-15H2,1-3H3,(H,23,25). The molecule has 1 aliphatic heterocycles. The Bertz CT molecular complexity index is 639. The third-order valence-corrected chi connectivity index (χ3v) is 6.21. The molecule has 0 bridgehead atoms. The highest BCUT2D eigenvalue weighted by molar-refractivity contribution is 5.89. The lowest BCUT2D eigenvalue weighted by Crippen LogP contribution is -2.53. The summed E-state index contributed by atoms with van der Waals surface area (Å²) in [6.45, 7) is 7.30. The maximum Gasteiger partial charge on any atom is 0.321 e. The summed E-state index contributed by atoms with van der Waals surface area (Å²) in [5.41, 5.74) is -0.136.